The van der Waals surface area contributed by atoms with Crippen molar-refractivity contribution in [2.75, 3.05) is 16.0 Å². The second kappa shape index (κ2) is 9.56. The van der Waals surface area contributed by atoms with Crippen LogP contribution in [0.4, 0.5) is 37.2 Å². The van der Waals surface area contributed by atoms with Crippen LogP contribution < -0.4 is 16.0 Å². The number of anilines is 5. The molecular weight excluding hydrogens is 448 g/mol. The smallest absolute Gasteiger partial charge is 0.255 e. The average Bonchev–Trinajstić information content (AvgIpc) is 2.87. The lowest BCUT2D eigenvalue weighted by Crippen LogP contribution is -2.13. The number of carbonyl (C=O) groups is 1. The van der Waals surface area contributed by atoms with Crippen LogP contribution >= 0.6 is 0 Å². The Labute approximate surface area is 199 Å². The highest BCUT2D eigenvalue weighted by Crippen LogP contribution is 2.27. The Morgan fingerprint density at radius 1 is 0.714 bits per heavy atom. The minimum atomic E-state index is -0.557. The second-order valence-electron chi connectivity index (χ2n) is 7.74. The first kappa shape index (κ1) is 22.0. The molecule has 0 spiro atoms. The maximum Gasteiger partial charge on any atom is 0.255 e. The molecule has 1 amide bonds. The number of amides is 1. The number of hydrogen-bond acceptors (Lipinski definition) is 5. The quantitative estimate of drug-likeness (QED) is 0.261. The number of rotatable bonds is 6. The summed E-state index contributed by atoms with van der Waals surface area (Å²) in [5.74, 6) is -1.40. The zero-order valence-corrected chi connectivity index (χ0v) is 18.3. The Morgan fingerprint density at radius 2 is 1.54 bits per heavy atom. The summed E-state index contributed by atoms with van der Waals surface area (Å²) >= 11 is 0. The van der Waals surface area contributed by atoms with Crippen molar-refractivity contribution >= 4 is 45.2 Å². The number of nitrogens with zero attached hydrogens (tertiary/aromatic N) is 2. The van der Waals surface area contributed by atoms with Gasteiger partial charge in [0.25, 0.3) is 5.91 Å². The van der Waals surface area contributed by atoms with Gasteiger partial charge in [0.15, 0.2) is 0 Å². The van der Waals surface area contributed by atoms with Crippen molar-refractivity contribution in [1.29, 1.82) is 0 Å². The molecule has 0 bridgehead atoms. The van der Waals surface area contributed by atoms with Gasteiger partial charge in [-0.05, 0) is 72.8 Å². The molecule has 0 fully saturated rings. The highest BCUT2D eigenvalue weighted by molar-refractivity contribution is 6.05. The second-order valence-corrected chi connectivity index (χ2v) is 7.74. The lowest BCUT2D eigenvalue weighted by atomic mass is 10.1. The van der Waals surface area contributed by atoms with E-state index >= 15 is 0 Å². The van der Waals surface area contributed by atoms with Crippen LogP contribution in [0.1, 0.15) is 10.4 Å². The fourth-order valence-electron chi connectivity index (χ4n) is 3.62. The first-order chi connectivity index (χ1) is 17.0. The Morgan fingerprint density at radius 3 is 2.40 bits per heavy atom. The molecule has 0 atom stereocenters. The molecule has 3 N–H and O–H groups in total. The van der Waals surface area contributed by atoms with Crippen LogP contribution in [0.3, 0.4) is 0 Å². The molecule has 8 heteroatoms. The lowest BCUT2D eigenvalue weighted by Gasteiger charge is -2.12. The third kappa shape index (κ3) is 5.06. The van der Waals surface area contributed by atoms with E-state index < -0.39 is 11.7 Å². The van der Waals surface area contributed by atoms with Gasteiger partial charge in [0.2, 0.25) is 0 Å². The van der Waals surface area contributed by atoms with Gasteiger partial charge in [0, 0.05) is 52.3 Å². The number of pyridine rings is 2. The van der Waals surface area contributed by atoms with Gasteiger partial charge >= 0.3 is 0 Å². The molecule has 3 aromatic carbocycles. The summed E-state index contributed by atoms with van der Waals surface area (Å²) in [7, 11) is 0. The fraction of sp³-hybridized carbons (Fsp3) is 0. The van der Waals surface area contributed by atoms with Crippen LogP contribution in [0.2, 0.25) is 0 Å². The molecule has 0 aliphatic carbocycles. The number of halogens is 2. The molecule has 0 saturated carbocycles. The van der Waals surface area contributed by atoms with Crippen LogP contribution in [0, 0.1) is 11.6 Å². The number of nitrogens with one attached hydrogen (secondary N) is 3. The van der Waals surface area contributed by atoms with Gasteiger partial charge in [-0.3, -0.25) is 14.8 Å². The highest BCUT2D eigenvalue weighted by Gasteiger charge is 2.12. The van der Waals surface area contributed by atoms with Crippen molar-refractivity contribution in [2.24, 2.45) is 0 Å². The van der Waals surface area contributed by atoms with E-state index in [1.54, 1.807) is 73.2 Å². The Bertz CT molecular complexity index is 1530. The molecule has 2 heterocycles. The maximum atomic E-state index is 14.4. The number of benzene rings is 3. The van der Waals surface area contributed by atoms with Crippen molar-refractivity contribution < 1.29 is 13.6 Å². The van der Waals surface area contributed by atoms with E-state index in [0.29, 0.717) is 33.5 Å². The highest BCUT2D eigenvalue weighted by atomic mass is 19.1. The topological polar surface area (TPSA) is 78.9 Å². The molecule has 5 rings (SSSR count). The Balaban J connectivity index is 1.35. The molecule has 2 aromatic heterocycles. The van der Waals surface area contributed by atoms with Gasteiger partial charge in [0.1, 0.15) is 11.6 Å². The minimum absolute atomic E-state index is 0.0445. The van der Waals surface area contributed by atoms with Crippen LogP contribution in [0.25, 0.3) is 10.9 Å². The molecule has 6 nitrogen and oxygen atoms in total. The van der Waals surface area contributed by atoms with Gasteiger partial charge in [-0.1, -0.05) is 6.07 Å². The molecule has 0 unspecified atom stereocenters. The Hall–Kier alpha value is -4.85. The summed E-state index contributed by atoms with van der Waals surface area (Å²) in [6, 6.07) is 20.8. The molecule has 0 aliphatic heterocycles. The number of aromatic nitrogens is 2. The summed E-state index contributed by atoms with van der Waals surface area (Å²) < 4.78 is 28.2. The van der Waals surface area contributed by atoms with Crippen LogP contribution in [-0.2, 0) is 0 Å². The predicted octanol–water partition coefficient (Wildman–Crippen LogP) is 6.65. The van der Waals surface area contributed by atoms with Crippen molar-refractivity contribution in [3.63, 3.8) is 0 Å². The van der Waals surface area contributed by atoms with Crippen molar-refractivity contribution in [1.82, 2.24) is 9.97 Å². The lowest BCUT2D eigenvalue weighted by molar-refractivity contribution is 0.102. The number of hydrogen-bond donors (Lipinski definition) is 3. The third-order valence-corrected chi connectivity index (χ3v) is 5.29. The molecule has 0 aliphatic rings. The maximum absolute atomic E-state index is 14.4. The number of fused-ring (bicyclic) bond motifs is 1. The zero-order chi connectivity index (χ0) is 24.2. The third-order valence-electron chi connectivity index (χ3n) is 5.29. The monoisotopic (exact) mass is 467 g/mol. The van der Waals surface area contributed by atoms with Crippen LogP contribution in [0.5, 0.6) is 0 Å². The van der Waals surface area contributed by atoms with E-state index in [4.69, 9.17) is 0 Å². The summed E-state index contributed by atoms with van der Waals surface area (Å²) in [6.07, 6.45) is 4.90. The van der Waals surface area contributed by atoms with Crippen LogP contribution in [0.15, 0.2) is 97.5 Å². The number of carbonyl (C=O) groups excluding carboxylic acids is 1. The normalized spacial score (nSPS) is 10.7. The summed E-state index contributed by atoms with van der Waals surface area (Å²) in [5.41, 5.74) is 3.66. The summed E-state index contributed by atoms with van der Waals surface area (Å²) in [5, 5.41) is 9.59. The van der Waals surface area contributed by atoms with E-state index in [1.807, 2.05) is 0 Å². The summed E-state index contributed by atoms with van der Waals surface area (Å²) in [4.78, 5) is 21.1. The van der Waals surface area contributed by atoms with E-state index in [1.165, 1.54) is 24.3 Å². The molecule has 5 aromatic rings. The molecule has 0 radical (unpaired) electrons. The van der Waals surface area contributed by atoms with Crippen molar-refractivity contribution in [3.8, 4) is 0 Å². The van der Waals surface area contributed by atoms with Crippen molar-refractivity contribution in [2.45, 2.75) is 0 Å². The van der Waals surface area contributed by atoms with Gasteiger partial charge in [-0.2, -0.15) is 0 Å². The van der Waals surface area contributed by atoms with Gasteiger partial charge in [-0.15, -0.1) is 0 Å². The summed E-state index contributed by atoms with van der Waals surface area (Å²) in [6.45, 7) is 0. The molecule has 172 valence electrons. The standard InChI is InChI=1S/C27H19F2N5O/c28-18-4-7-24-22(15-18)25(10-13-31-24)33-20-3-1-2-17(14-20)27(35)34-26-16-21(5-6-23(26)29)32-19-8-11-30-12-9-19/h1-16H,(H,30,32)(H,31,33)(H,34,35). The molecule has 35 heavy (non-hydrogen) atoms. The van der Waals surface area contributed by atoms with Gasteiger partial charge in [0.05, 0.1) is 11.2 Å². The largest absolute Gasteiger partial charge is 0.355 e. The first-order valence-electron chi connectivity index (χ1n) is 10.7. The Kier molecular flexibility index (Phi) is 6.00. The average molecular weight is 467 g/mol. The van der Waals surface area contributed by atoms with Crippen LogP contribution in [-0.4, -0.2) is 15.9 Å². The van der Waals surface area contributed by atoms with E-state index in [9.17, 15) is 13.6 Å². The van der Waals surface area contributed by atoms with E-state index in [2.05, 4.69) is 25.9 Å². The van der Waals surface area contributed by atoms with Gasteiger partial charge < -0.3 is 16.0 Å². The van der Waals surface area contributed by atoms with Gasteiger partial charge in [-0.25, -0.2) is 8.78 Å². The minimum Gasteiger partial charge on any atom is -0.355 e. The molecular formula is C27H19F2N5O. The zero-order valence-electron chi connectivity index (χ0n) is 18.3. The fourth-order valence-corrected chi connectivity index (χ4v) is 3.62. The van der Waals surface area contributed by atoms with Crippen molar-refractivity contribution in [3.05, 3.63) is 115 Å². The molecule has 0 saturated heterocycles. The predicted molar refractivity (Wildman–Crippen MR) is 133 cm³/mol. The SMILES string of the molecule is O=C(Nc1cc(Nc2ccncc2)ccc1F)c1cccc(Nc2ccnc3ccc(F)cc23)c1. The first-order valence-corrected chi connectivity index (χ1v) is 10.7. The van der Waals surface area contributed by atoms with E-state index in [0.717, 1.165) is 5.69 Å². The van der Waals surface area contributed by atoms with E-state index in [-0.39, 0.29) is 11.5 Å².